The summed E-state index contributed by atoms with van der Waals surface area (Å²) in [5.74, 6) is 0. The number of piperazine rings is 1. The van der Waals surface area contributed by atoms with Crippen molar-refractivity contribution in [1.82, 2.24) is 15.1 Å². The van der Waals surface area contributed by atoms with E-state index in [4.69, 9.17) is 5.11 Å². The van der Waals surface area contributed by atoms with Gasteiger partial charge in [-0.25, -0.2) is 4.79 Å². The highest BCUT2D eigenvalue weighted by molar-refractivity contribution is 5.65. The van der Waals surface area contributed by atoms with Crippen molar-refractivity contribution in [3.63, 3.8) is 0 Å². The van der Waals surface area contributed by atoms with Gasteiger partial charge in [-0.2, -0.15) is 0 Å². The number of hydrogen-bond acceptors (Lipinski definition) is 3. The maximum Gasteiger partial charge on any atom is 0.407 e. The van der Waals surface area contributed by atoms with Crippen molar-refractivity contribution >= 4 is 6.09 Å². The van der Waals surface area contributed by atoms with Crippen LogP contribution < -0.4 is 5.32 Å². The molecule has 1 aliphatic rings. The molecule has 0 spiro atoms. The smallest absolute Gasteiger partial charge is 0.407 e. The second-order valence-corrected chi connectivity index (χ2v) is 7.04. The van der Waals surface area contributed by atoms with Gasteiger partial charge in [0.1, 0.15) is 0 Å². The van der Waals surface area contributed by atoms with E-state index in [0.29, 0.717) is 13.1 Å². The Kier molecular flexibility index (Phi) is 12.9. The number of rotatable bonds is 14. The summed E-state index contributed by atoms with van der Waals surface area (Å²) < 4.78 is 0. The zero-order chi connectivity index (χ0) is 17.5. The highest BCUT2D eigenvalue weighted by Gasteiger charge is 2.19. The number of carboxylic acid groups (broad SMARTS) is 1. The standard InChI is InChI=1S/C19H39N3O2/c1-2-3-4-5-6-7-8-9-10-11-12-20-13-14-21-15-17-22(18-16-21)19(23)24/h20H,2-18H2,1H3,(H,23,24). The monoisotopic (exact) mass is 341 g/mol. The summed E-state index contributed by atoms with van der Waals surface area (Å²) in [7, 11) is 0. The van der Waals surface area contributed by atoms with E-state index in [1.807, 2.05) is 0 Å². The lowest BCUT2D eigenvalue weighted by atomic mass is 10.1. The number of hydrogen-bond donors (Lipinski definition) is 2. The number of unbranched alkanes of at least 4 members (excludes halogenated alkanes) is 9. The van der Waals surface area contributed by atoms with Gasteiger partial charge in [0.2, 0.25) is 0 Å². The normalized spacial score (nSPS) is 15.8. The Hall–Kier alpha value is -0.810. The summed E-state index contributed by atoms with van der Waals surface area (Å²) in [5, 5.41) is 12.4. The summed E-state index contributed by atoms with van der Waals surface area (Å²) in [6, 6.07) is 0. The fourth-order valence-corrected chi connectivity index (χ4v) is 3.26. The Labute approximate surface area is 148 Å². The van der Waals surface area contributed by atoms with Crippen molar-refractivity contribution in [3.8, 4) is 0 Å². The molecule has 1 heterocycles. The highest BCUT2D eigenvalue weighted by atomic mass is 16.4. The predicted molar refractivity (Wildman–Crippen MR) is 101 cm³/mol. The van der Waals surface area contributed by atoms with Crippen molar-refractivity contribution < 1.29 is 9.90 Å². The molecule has 5 nitrogen and oxygen atoms in total. The SMILES string of the molecule is CCCCCCCCCCCCNCCN1CCN(C(=O)O)CC1. The van der Waals surface area contributed by atoms with Crippen LogP contribution in [0, 0.1) is 0 Å². The molecular weight excluding hydrogens is 302 g/mol. The lowest BCUT2D eigenvalue weighted by Crippen LogP contribution is -2.49. The van der Waals surface area contributed by atoms with Crippen molar-refractivity contribution in [2.75, 3.05) is 45.8 Å². The van der Waals surface area contributed by atoms with Crippen LogP contribution in [-0.4, -0.2) is 66.8 Å². The average molecular weight is 342 g/mol. The first-order chi connectivity index (χ1) is 11.7. The number of nitrogens with zero attached hydrogens (tertiary/aromatic N) is 2. The molecule has 5 heteroatoms. The molecule has 142 valence electrons. The van der Waals surface area contributed by atoms with Crippen molar-refractivity contribution in [2.45, 2.75) is 71.1 Å². The Morgan fingerprint density at radius 2 is 1.38 bits per heavy atom. The van der Waals surface area contributed by atoms with E-state index in [2.05, 4.69) is 17.1 Å². The topological polar surface area (TPSA) is 55.8 Å². The van der Waals surface area contributed by atoms with Crippen molar-refractivity contribution in [1.29, 1.82) is 0 Å². The molecule has 0 radical (unpaired) electrons. The minimum Gasteiger partial charge on any atom is -0.465 e. The van der Waals surface area contributed by atoms with Crippen LogP contribution in [0.3, 0.4) is 0 Å². The summed E-state index contributed by atoms with van der Waals surface area (Å²) >= 11 is 0. The molecule has 0 bridgehead atoms. The van der Waals surface area contributed by atoms with Gasteiger partial charge in [0.25, 0.3) is 0 Å². The molecule has 1 rings (SSSR count). The second-order valence-electron chi connectivity index (χ2n) is 7.04. The van der Waals surface area contributed by atoms with Crippen LogP contribution in [-0.2, 0) is 0 Å². The highest BCUT2D eigenvalue weighted by Crippen LogP contribution is 2.10. The van der Waals surface area contributed by atoms with Gasteiger partial charge < -0.3 is 15.3 Å². The van der Waals surface area contributed by atoms with Gasteiger partial charge in [0.05, 0.1) is 0 Å². The van der Waals surface area contributed by atoms with Crippen LogP contribution in [0.1, 0.15) is 71.1 Å². The molecule has 1 fully saturated rings. The average Bonchev–Trinajstić information content (AvgIpc) is 2.59. The second kappa shape index (κ2) is 14.5. The van der Waals surface area contributed by atoms with Gasteiger partial charge in [0.15, 0.2) is 0 Å². The van der Waals surface area contributed by atoms with Crippen LogP contribution in [0.4, 0.5) is 4.79 Å². The fraction of sp³-hybridized carbons (Fsp3) is 0.947. The minimum absolute atomic E-state index is 0.647. The molecule has 2 N–H and O–H groups in total. The maximum atomic E-state index is 10.8. The van der Waals surface area contributed by atoms with Crippen LogP contribution in [0.2, 0.25) is 0 Å². The molecule has 0 aromatic rings. The van der Waals surface area contributed by atoms with Gasteiger partial charge in [0, 0.05) is 39.3 Å². The van der Waals surface area contributed by atoms with Crippen LogP contribution in [0.15, 0.2) is 0 Å². The van der Waals surface area contributed by atoms with Crippen LogP contribution in [0.5, 0.6) is 0 Å². The summed E-state index contributed by atoms with van der Waals surface area (Å²) in [6.07, 6.45) is 13.1. The lowest BCUT2D eigenvalue weighted by Gasteiger charge is -2.33. The van der Waals surface area contributed by atoms with Gasteiger partial charge in [-0.3, -0.25) is 4.90 Å². The summed E-state index contributed by atoms with van der Waals surface area (Å²) in [6.45, 7) is 8.47. The Balaban J connectivity index is 1.77. The van der Waals surface area contributed by atoms with E-state index in [0.717, 1.165) is 32.7 Å². The molecule has 1 aliphatic heterocycles. The van der Waals surface area contributed by atoms with Gasteiger partial charge >= 0.3 is 6.09 Å². The fourth-order valence-electron chi connectivity index (χ4n) is 3.26. The third-order valence-corrected chi connectivity index (χ3v) is 4.95. The van der Waals surface area contributed by atoms with Crippen molar-refractivity contribution in [2.24, 2.45) is 0 Å². The van der Waals surface area contributed by atoms with Gasteiger partial charge in [-0.1, -0.05) is 64.7 Å². The number of carbonyl (C=O) groups is 1. The van der Waals surface area contributed by atoms with E-state index in [1.54, 1.807) is 0 Å². The zero-order valence-corrected chi connectivity index (χ0v) is 15.8. The summed E-state index contributed by atoms with van der Waals surface area (Å²) in [4.78, 5) is 14.7. The molecule has 0 atom stereocenters. The molecular formula is C19H39N3O2. The molecule has 0 aromatic carbocycles. The Morgan fingerprint density at radius 1 is 0.833 bits per heavy atom. The third kappa shape index (κ3) is 10.9. The van der Waals surface area contributed by atoms with E-state index < -0.39 is 6.09 Å². The van der Waals surface area contributed by atoms with Crippen LogP contribution >= 0.6 is 0 Å². The molecule has 0 aliphatic carbocycles. The van der Waals surface area contributed by atoms with Crippen LogP contribution in [0.25, 0.3) is 0 Å². The number of nitrogens with one attached hydrogen (secondary N) is 1. The third-order valence-electron chi connectivity index (χ3n) is 4.95. The largest absolute Gasteiger partial charge is 0.465 e. The zero-order valence-electron chi connectivity index (χ0n) is 15.8. The van der Waals surface area contributed by atoms with Gasteiger partial charge in [-0.05, 0) is 13.0 Å². The Morgan fingerprint density at radius 3 is 1.92 bits per heavy atom. The first-order valence-electron chi connectivity index (χ1n) is 10.1. The van der Waals surface area contributed by atoms with Gasteiger partial charge in [-0.15, -0.1) is 0 Å². The quantitative estimate of drug-likeness (QED) is 0.472. The number of amides is 1. The predicted octanol–water partition coefficient (Wildman–Crippen LogP) is 3.79. The lowest BCUT2D eigenvalue weighted by molar-refractivity contribution is 0.106. The maximum absolute atomic E-state index is 10.8. The summed E-state index contributed by atoms with van der Waals surface area (Å²) in [5.41, 5.74) is 0. The van der Waals surface area contributed by atoms with E-state index >= 15 is 0 Å². The molecule has 0 saturated carbocycles. The van der Waals surface area contributed by atoms with E-state index in [9.17, 15) is 4.79 Å². The minimum atomic E-state index is -0.784. The molecule has 1 amide bonds. The molecule has 0 unspecified atom stereocenters. The first-order valence-corrected chi connectivity index (χ1v) is 10.1. The molecule has 1 saturated heterocycles. The molecule has 0 aromatic heterocycles. The van der Waals surface area contributed by atoms with Crippen molar-refractivity contribution in [3.05, 3.63) is 0 Å². The molecule has 24 heavy (non-hydrogen) atoms. The van der Waals surface area contributed by atoms with E-state index in [1.165, 1.54) is 69.1 Å². The van der Waals surface area contributed by atoms with E-state index in [-0.39, 0.29) is 0 Å². The Bertz CT molecular complexity index is 305. The first kappa shape index (κ1) is 21.2.